The maximum atomic E-state index is 13.8. The van der Waals surface area contributed by atoms with Crippen LogP contribution in [0.15, 0.2) is 34.7 Å². The molecule has 0 saturated heterocycles. The standard InChI is InChI=1S/C12H13FN2O3S2/c1-8(2)18-11-4-3-9(7-10(11)13)20(16,17)15-12-14-5-6-19-12/h3-8H,1-2H3,(H,14,15). The van der Waals surface area contributed by atoms with E-state index >= 15 is 0 Å². The van der Waals surface area contributed by atoms with Gasteiger partial charge < -0.3 is 4.74 Å². The number of anilines is 1. The van der Waals surface area contributed by atoms with Crippen molar-refractivity contribution in [3.05, 3.63) is 35.6 Å². The largest absolute Gasteiger partial charge is 0.488 e. The molecule has 0 atom stereocenters. The van der Waals surface area contributed by atoms with Gasteiger partial charge in [0.05, 0.1) is 11.0 Å². The Morgan fingerprint density at radius 2 is 2.15 bits per heavy atom. The summed E-state index contributed by atoms with van der Waals surface area (Å²) in [6.07, 6.45) is 1.28. The smallest absolute Gasteiger partial charge is 0.263 e. The van der Waals surface area contributed by atoms with Gasteiger partial charge in [0.2, 0.25) is 0 Å². The van der Waals surface area contributed by atoms with Crippen LogP contribution >= 0.6 is 11.3 Å². The lowest BCUT2D eigenvalue weighted by atomic mass is 10.3. The molecule has 1 N–H and O–H groups in total. The van der Waals surface area contributed by atoms with Gasteiger partial charge in [-0.3, -0.25) is 4.72 Å². The molecule has 108 valence electrons. The van der Waals surface area contributed by atoms with E-state index in [1.165, 1.54) is 18.3 Å². The topological polar surface area (TPSA) is 68.3 Å². The van der Waals surface area contributed by atoms with Crippen LogP contribution in [0, 0.1) is 5.82 Å². The highest BCUT2D eigenvalue weighted by molar-refractivity contribution is 7.93. The maximum Gasteiger partial charge on any atom is 0.263 e. The van der Waals surface area contributed by atoms with Gasteiger partial charge in [-0.15, -0.1) is 11.3 Å². The molecular weight excluding hydrogens is 303 g/mol. The summed E-state index contributed by atoms with van der Waals surface area (Å²) in [4.78, 5) is 3.64. The zero-order chi connectivity index (χ0) is 14.8. The Kier molecular flexibility index (Phi) is 4.24. The molecule has 20 heavy (non-hydrogen) atoms. The lowest BCUT2D eigenvalue weighted by molar-refractivity contribution is 0.231. The Bertz CT molecular complexity index is 685. The van der Waals surface area contributed by atoms with E-state index in [-0.39, 0.29) is 21.9 Å². The highest BCUT2D eigenvalue weighted by atomic mass is 32.2. The molecule has 0 radical (unpaired) electrons. The van der Waals surface area contributed by atoms with Gasteiger partial charge in [-0.2, -0.15) is 0 Å². The Morgan fingerprint density at radius 1 is 1.40 bits per heavy atom. The van der Waals surface area contributed by atoms with Gasteiger partial charge in [-0.05, 0) is 32.0 Å². The third kappa shape index (κ3) is 3.45. The van der Waals surface area contributed by atoms with E-state index in [1.807, 2.05) is 0 Å². The first-order valence-electron chi connectivity index (χ1n) is 5.77. The molecule has 1 aromatic heterocycles. The molecule has 0 bridgehead atoms. The number of thiazole rings is 1. The zero-order valence-corrected chi connectivity index (χ0v) is 12.5. The van der Waals surface area contributed by atoms with Gasteiger partial charge >= 0.3 is 0 Å². The third-order valence-corrected chi connectivity index (χ3v) is 4.38. The number of hydrogen-bond donors (Lipinski definition) is 1. The van der Waals surface area contributed by atoms with Gasteiger partial charge in [0.25, 0.3) is 10.0 Å². The van der Waals surface area contributed by atoms with Crippen LogP contribution in [0.5, 0.6) is 5.75 Å². The fraction of sp³-hybridized carbons (Fsp3) is 0.250. The molecule has 0 aliphatic carbocycles. The van der Waals surface area contributed by atoms with E-state index in [2.05, 4.69) is 9.71 Å². The number of sulfonamides is 1. The predicted molar refractivity (Wildman–Crippen MR) is 75.1 cm³/mol. The van der Waals surface area contributed by atoms with Gasteiger partial charge in [0.15, 0.2) is 16.7 Å². The summed E-state index contributed by atoms with van der Waals surface area (Å²) >= 11 is 1.14. The molecule has 1 aromatic carbocycles. The molecule has 0 aliphatic heterocycles. The minimum atomic E-state index is -3.85. The first-order chi connectivity index (χ1) is 9.38. The highest BCUT2D eigenvalue weighted by Crippen LogP contribution is 2.24. The SMILES string of the molecule is CC(C)Oc1ccc(S(=O)(=O)Nc2nccs2)cc1F. The minimum absolute atomic E-state index is 0.0215. The summed E-state index contributed by atoms with van der Waals surface area (Å²) in [5.41, 5.74) is 0. The monoisotopic (exact) mass is 316 g/mol. The van der Waals surface area contributed by atoms with Crippen molar-refractivity contribution in [2.24, 2.45) is 0 Å². The van der Waals surface area contributed by atoms with Crippen LogP contribution in [0.4, 0.5) is 9.52 Å². The molecular formula is C12H13FN2O3S2. The van der Waals surface area contributed by atoms with Crippen LogP contribution in [-0.2, 0) is 10.0 Å². The number of rotatable bonds is 5. The fourth-order valence-electron chi connectivity index (χ4n) is 1.45. The molecule has 5 nitrogen and oxygen atoms in total. The highest BCUT2D eigenvalue weighted by Gasteiger charge is 2.18. The van der Waals surface area contributed by atoms with Gasteiger partial charge in [-0.1, -0.05) is 0 Å². The van der Waals surface area contributed by atoms with E-state index in [4.69, 9.17) is 4.74 Å². The van der Waals surface area contributed by atoms with E-state index in [0.717, 1.165) is 17.4 Å². The molecule has 0 unspecified atom stereocenters. The summed E-state index contributed by atoms with van der Waals surface area (Å²) in [5, 5.41) is 1.87. The molecule has 0 aliphatic rings. The lowest BCUT2D eigenvalue weighted by Crippen LogP contribution is -2.13. The summed E-state index contributed by atoms with van der Waals surface area (Å²) in [6.45, 7) is 3.52. The Balaban J connectivity index is 2.26. The van der Waals surface area contributed by atoms with Crippen molar-refractivity contribution < 1.29 is 17.5 Å². The van der Waals surface area contributed by atoms with Crippen molar-refractivity contribution in [3.8, 4) is 5.75 Å². The molecule has 8 heteroatoms. The lowest BCUT2D eigenvalue weighted by Gasteiger charge is -2.11. The average molecular weight is 316 g/mol. The van der Waals surface area contributed by atoms with Crippen molar-refractivity contribution in [1.82, 2.24) is 4.98 Å². The second kappa shape index (κ2) is 5.76. The summed E-state index contributed by atoms with van der Waals surface area (Å²) in [7, 11) is -3.85. The summed E-state index contributed by atoms with van der Waals surface area (Å²) < 4.78 is 45.3. The normalized spacial score (nSPS) is 11.6. The Hall–Kier alpha value is -1.67. The molecule has 2 rings (SSSR count). The first-order valence-corrected chi connectivity index (χ1v) is 8.13. The number of halogens is 1. The maximum absolute atomic E-state index is 13.8. The van der Waals surface area contributed by atoms with E-state index in [9.17, 15) is 12.8 Å². The van der Waals surface area contributed by atoms with E-state index in [1.54, 1.807) is 19.2 Å². The number of hydrogen-bond acceptors (Lipinski definition) is 5. The van der Waals surface area contributed by atoms with Crippen molar-refractivity contribution in [1.29, 1.82) is 0 Å². The van der Waals surface area contributed by atoms with E-state index in [0.29, 0.717) is 0 Å². The molecule has 0 amide bonds. The summed E-state index contributed by atoms with van der Waals surface area (Å²) in [5.74, 6) is -0.700. The molecule has 0 saturated carbocycles. The third-order valence-electron chi connectivity index (χ3n) is 2.23. The predicted octanol–water partition coefficient (Wildman–Crippen LogP) is 2.87. The number of nitrogens with zero attached hydrogens (tertiary/aromatic N) is 1. The molecule has 2 aromatic rings. The summed E-state index contributed by atoms with van der Waals surface area (Å²) in [6, 6.07) is 3.51. The number of nitrogens with one attached hydrogen (secondary N) is 1. The number of aromatic nitrogens is 1. The minimum Gasteiger partial charge on any atom is -0.488 e. The van der Waals surface area contributed by atoms with Crippen LogP contribution in [0.2, 0.25) is 0 Å². The quantitative estimate of drug-likeness (QED) is 0.921. The second-order valence-corrected chi connectivity index (χ2v) is 6.78. The Morgan fingerprint density at radius 3 is 2.70 bits per heavy atom. The van der Waals surface area contributed by atoms with Crippen LogP contribution < -0.4 is 9.46 Å². The van der Waals surface area contributed by atoms with E-state index < -0.39 is 15.8 Å². The van der Waals surface area contributed by atoms with Crippen molar-refractivity contribution in [3.63, 3.8) is 0 Å². The molecule has 1 heterocycles. The fourth-order valence-corrected chi connectivity index (χ4v) is 3.25. The van der Waals surface area contributed by atoms with Gasteiger partial charge in [0.1, 0.15) is 0 Å². The zero-order valence-electron chi connectivity index (χ0n) is 10.8. The second-order valence-electron chi connectivity index (χ2n) is 4.20. The Labute approximate surface area is 120 Å². The molecule has 0 fully saturated rings. The first kappa shape index (κ1) is 14.7. The van der Waals surface area contributed by atoms with Crippen LogP contribution in [0.1, 0.15) is 13.8 Å². The van der Waals surface area contributed by atoms with Crippen LogP contribution in [0.3, 0.4) is 0 Å². The van der Waals surface area contributed by atoms with Crippen molar-refractivity contribution in [2.45, 2.75) is 24.8 Å². The molecule has 0 spiro atoms. The van der Waals surface area contributed by atoms with Gasteiger partial charge in [-0.25, -0.2) is 17.8 Å². The number of benzene rings is 1. The number of ether oxygens (including phenoxy) is 1. The van der Waals surface area contributed by atoms with Crippen molar-refractivity contribution >= 4 is 26.5 Å². The van der Waals surface area contributed by atoms with Crippen LogP contribution in [0.25, 0.3) is 0 Å². The average Bonchev–Trinajstić information content (AvgIpc) is 2.83. The van der Waals surface area contributed by atoms with Gasteiger partial charge in [0, 0.05) is 11.6 Å². The van der Waals surface area contributed by atoms with Crippen molar-refractivity contribution in [2.75, 3.05) is 4.72 Å². The van der Waals surface area contributed by atoms with Crippen LogP contribution in [-0.4, -0.2) is 19.5 Å².